The van der Waals surface area contributed by atoms with Gasteiger partial charge in [-0.15, -0.1) is 0 Å². The van der Waals surface area contributed by atoms with Crippen LogP contribution in [0.2, 0.25) is 0 Å². The molecule has 56 heavy (non-hydrogen) atoms. The van der Waals surface area contributed by atoms with Gasteiger partial charge in [0, 0.05) is 19.1 Å². The number of nitrogen functional groups attached to an aromatic ring is 1. The largest absolute Gasteiger partial charge is 0.489 e. The molecule has 0 fully saturated rings. The summed E-state index contributed by atoms with van der Waals surface area (Å²) in [6.45, 7) is 10.0. The normalized spacial score (nSPS) is 12.1. The summed E-state index contributed by atoms with van der Waals surface area (Å²) in [5, 5.41) is 2.81. The molecule has 0 spiro atoms. The number of alkyl carbamates (subject to hydrolysis) is 1. The minimum Gasteiger partial charge on any atom is -0.489 e. The SMILES string of the molecule is Nc1ccccc1OCCOCCOCCOCCOCCOCCOCCOCCOCCOCCCNC(=O)OCC1c2ccccc2-c2ccccc21. The number of carbonyl (C=O) groups excluding carboxylic acids is 1. The van der Waals surface area contributed by atoms with Crippen molar-refractivity contribution in [3.05, 3.63) is 83.9 Å². The average molecular weight is 785 g/mol. The quantitative estimate of drug-likeness (QED) is 0.0634. The Hall–Kier alpha value is -3.83. The Labute approximate surface area is 331 Å². The summed E-state index contributed by atoms with van der Waals surface area (Å²) < 4.78 is 60.7. The van der Waals surface area contributed by atoms with E-state index in [0.29, 0.717) is 157 Å². The van der Waals surface area contributed by atoms with Gasteiger partial charge in [0.05, 0.1) is 118 Å². The lowest BCUT2D eigenvalue weighted by atomic mass is 9.98. The molecule has 0 heterocycles. The minimum absolute atomic E-state index is 0.0482. The average Bonchev–Trinajstić information content (AvgIpc) is 3.54. The van der Waals surface area contributed by atoms with Crippen molar-refractivity contribution in [2.45, 2.75) is 12.3 Å². The highest BCUT2D eigenvalue weighted by atomic mass is 16.6. The molecule has 1 amide bonds. The van der Waals surface area contributed by atoms with Crippen molar-refractivity contribution >= 4 is 11.8 Å². The standard InChI is InChI=1S/C42H60N2O12/c43-40-12-5-6-13-41(40)55-33-32-54-31-30-53-29-28-52-27-26-51-25-24-50-23-22-49-21-20-48-19-18-47-17-16-46-15-7-14-44-42(45)56-34-39-37-10-3-1-8-35(37)36-9-2-4-11-38(36)39/h1-6,8-13,39H,7,14-34,43H2,(H,44,45). The van der Waals surface area contributed by atoms with E-state index in [2.05, 4.69) is 29.6 Å². The molecule has 14 heteroatoms. The number of benzene rings is 3. The molecule has 1 aliphatic rings. The predicted octanol–water partition coefficient (Wildman–Crippen LogP) is 4.73. The molecule has 4 rings (SSSR count). The summed E-state index contributed by atoms with van der Waals surface area (Å²) in [6.07, 6.45) is 0.267. The maximum absolute atomic E-state index is 12.3. The monoisotopic (exact) mass is 784 g/mol. The Morgan fingerprint density at radius 2 is 0.857 bits per heavy atom. The van der Waals surface area contributed by atoms with Gasteiger partial charge in [0.15, 0.2) is 0 Å². The Morgan fingerprint density at radius 3 is 1.30 bits per heavy atom. The molecule has 3 aromatic carbocycles. The van der Waals surface area contributed by atoms with Gasteiger partial charge in [-0.1, -0.05) is 60.7 Å². The smallest absolute Gasteiger partial charge is 0.407 e. The number of hydrogen-bond donors (Lipinski definition) is 2. The summed E-state index contributed by atoms with van der Waals surface area (Å²) in [5.41, 5.74) is 11.2. The van der Waals surface area contributed by atoms with Crippen LogP contribution in [0.25, 0.3) is 11.1 Å². The van der Waals surface area contributed by atoms with E-state index in [0.717, 1.165) is 0 Å². The number of para-hydroxylation sites is 2. The first kappa shape index (κ1) is 44.9. The number of rotatable bonds is 34. The first-order chi connectivity index (χ1) is 27.7. The summed E-state index contributed by atoms with van der Waals surface area (Å²) >= 11 is 0. The summed E-state index contributed by atoms with van der Waals surface area (Å²) in [6, 6.07) is 23.9. The van der Waals surface area contributed by atoms with Crippen LogP contribution in [0.1, 0.15) is 23.5 Å². The number of nitrogens with one attached hydrogen (secondary N) is 1. The molecule has 0 unspecified atom stereocenters. The van der Waals surface area contributed by atoms with Crippen LogP contribution in [-0.2, 0) is 47.4 Å². The minimum atomic E-state index is -0.416. The molecule has 0 radical (unpaired) electrons. The summed E-state index contributed by atoms with van der Waals surface area (Å²) in [7, 11) is 0. The second-order valence-electron chi connectivity index (χ2n) is 12.5. The molecule has 0 atom stereocenters. The summed E-state index contributed by atoms with van der Waals surface area (Å²) in [4.78, 5) is 12.3. The van der Waals surface area contributed by atoms with E-state index in [9.17, 15) is 4.79 Å². The first-order valence-electron chi connectivity index (χ1n) is 19.5. The number of anilines is 1. The highest BCUT2D eigenvalue weighted by molar-refractivity contribution is 5.79. The number of ether oxygens (including phenoxy) is 11. The molecule has 0 aliphatic heterocycles. The van der Waals surface area contributed by atoms with Gasteiger partial charge >= 0.3 is 6.09 Å². The van der Waals surface area contributed by atoms with Crippen LogP contribution < -0.4 is 15.8 Å². The lowest BCUT2D eigenvalue weighted by Gasteiger charge is -2.14. The van der Waals surface area contributed by atoms with Gasteiger partial charge in [-0.2, -0.15) is 0 Å². The number of nitrogens with two attached hydrogens (primary N) is 1. The van der Waals surface area contributed by atoms with Crippen LogP contribution in [0.3, 0.4) is 0 Å². The van der Waals surface area contributed by atoms with Crippen molar-refractivity contribution < 1.29 is 56.9 Å². The highest BCUT2D eigenvalue weighted by Crippen LogP contribution is 2.44. The molecule has 0 bridgehead atoms. The van der Waals surface area contributed by atoms with Crippen molar-refractivity contribution in [1.29, 1.82) is 0 Å². The molecule has 3 N–H and O–H groups in total. The number of carbonyl (C=O) groups is 1. The fraction of sp³-hybridized carbons (Fsp3) is 0.548. The third kappa shape index (κ3) is 18.4. The van der Waals surface area contributed by atoms with Crippen molar-refractivity contribution in [2.75, 3.05) is 144 Å². The second-order valence-corrected chi connectivity index (χ2v) is 12.5. The van der Waals surface area contributed by atoms with Crippen LogP contribution in [0.4, 0.5) is 10.5 Å². The molecule has 1 aliphatic carbocycles. The van der Waals surface area contributed by atoms with Crippen LogP contribution >= 0.6 is 0 Å². The molecular formula is C42H60N2O12. The van der Waals surface area contributed by atoms with Gasteiger partial charge in [-0.3, -0.25) is 0 Å². The molecule has 3 aromatic rings. The van der Waals surface area contributed by atoms with Crippen molar-refractivity contribution in [3.8, 4) is 16.9 Å². The van der Waals surface area contributed by atoms with E-state index >= 15 is 0 Å². The molecule has 14 nitrogen and oxygen atoms in total. The van der Waals surface area contributed by atoms with E-state index in [1.807, 2.05) is 42.5 Å². The number of fused-ring (bicyclic) bond motifs is 3. The van der Waals surface area contributed by atoms with Gasteiger partial charge in [0.1, 0.15) is 19.0 Å². The third-order valence-corrected chi connectivity index (χ3v) is 8.46. The maximum Gasteiger partial charge on any atom is 0.407 e. The third-order valence-electron chi connectivity index (χ3n) is 8.46. The van der Waals surface area contributed by atoms with Crippen molar-refractivity contribution in [3.63, 3.8) is 0 Å². The highest BCUT2D eigenvalue weighted by Gasteiger charge is 2.28. The zero-order valence-electron chi connectivity index (χ0n) is 32.5. The van der Waals surface area contributed by atoms with Crippen LogP contribution in [-0.4, -0.2) is 145 Å². The Kier molecular flexibility index (Phi) is 23.6. The Balaban J connectivity index is 0.787. The van der Waals surface area contributed by atoms with Crippen LogP contribution in [0, 0.1) is 0 Å². The molecular weight excluding hydrogens is 724 g/mol. The maximum atomic E-state index is 12.3. The van der Waals surface area contributed by atoms with E-state index < -0.39 is 6.09 Å². The van der Waals surface area contributed by atoms with Gasteiger partial charge < -0.3 is 63.2 Å². The van der Waals surface area contributed by atoms with Crippen LogP contribution in [0.5, 0.6) is 5.75 Å². The topological polar surface area (TPSA) is 157 Å². The molecule has 0 saturated carbocycles. The second kappa shape index (κ2) is 29.4. The van der Waals surface area contributed by atoms with E-state index in [-0.39, 0.29) is 5.92 Å². The van der Waals surface area contributed by atoms with E-state index in [4.69, 9.17) is 57.8 Å². The fourth-order valence-electron chi connectivity index (χ4n) is 5.70. The molecule has 0 aromatic heterocycles. The van der Waals surface area contributed by atoms with Crippen molar-refractivity contribution in [1.82, 2.24) is 5.32 Å². The van der Waals surface area contributed by atoms with Gasteiger partial charge in [-0.05, 0) is 40.8 Å². The van der Waals surface area contributed by atoms with Gasteiger partial charge in [-0.25, -0.2) is 4.79 Å². The Morgan fingerprint density at radius 1 is 0.482 bits per heavy atom. The fourth-order valence-corrected chi connectivity index (χ4v) is 5.70. The van der Waals surface area contributed by atoms with Gasteiger partial charge in [0.25, 0.3) is 0 Å². The van der Waals surface area contributed by atoms with Gasteiger partial charge in [0.2, 0.25) is 0 Å². The van der Waals surface area contributed by atoms with E-state index in [1.165, 1.54) is 22.3 Å². The van der Waals surface area contributed by atoms with Crippen LogP contribution in [0.15, 0.2) is 72.8 Å². The number of hydrogen-bond acceptors (Lipinski definition) is 13. The Bertz CT molecular complexity index is 1420. The lowest BCUT2D eigenvalue weighted by Crippen LogP contribution is -2.27. The van der Waals surface area contributed by atoms with E-state index in [1.54, 1.807) is 6.07 Å². The predicted molar refractivity (Wildman–Crippen MR) is 211 cm³/mol. The zero-order valence-corrected chi connectivity index (χ0v) is 32.5. The molecule has 0 saturated heterocycles. The lowest BCUT2D eigenvalue weighted by molar-refractivity contribution is -0.0254. The zero-order chi connectivity index (χ0) is 39.1. The summed E-state index contributed by atoms with van der Waals surface area (Å²) in [5.74, 6) is 0.713. The first-order valence-corrected chi connectivity index (χ1v) is 19.5. The number of amides is 1. The van der Waals surface area contributed by atoms with Crippen molar-refractivity contribution in [2.24, 2.45) is 0 Å². The molecule has 310 valence electrons.